The van der Waals surface area contributed by atoms with Gasteiger partial charge in [0.15, 0.2) is 0 Å². The van der Waals surface area contributed by atoms with Gasteiger partial charge in [-0.3, -0.25) is 0 Å². The van der Waals surface area contributed by atoms with Crippen LogP contribution >= 0.6 is 0 Å². The molecule has 0 unspecified atom stereocenters. The average Bonchev–Trinajstić information content (AvgIpc) is 2.84. The van der Waals surface area contributed by atoms with Gasteiger partial charge in [0, 0.05) is 18.9 Å². The summed E-state index contributed by atoms with van der Waals surface area (Å²) < 4.78 is 7.72. The highest BCUT2D eigenvalue weighted by Crippen LogP contribution is 2.08. The van der Waals surface area contributed by atoms with E-state index < -0.39 is 0 Å². The topological polar surface area (TPSA) is 39.1 Å². The predicted molar refractivity (Wildman–Crippen MR) is 72.9 cm³/mol. The van der Waals surface area contributed by atoms with Gasteiger partial charge in [-0.15, -0.1) is 0 Å². The van der Waals surface area contributed by atoms with Gasteiger partial charge in [-0.05, 0) is 18.6 Å². The normalized spacial score (nSPS) is 10.3. The second kappa shape index (κ2) is 6.69. The third kappa shape index (κ3) is 3.52. The van der Waals surface area contributed by atoms with E-state index in [1.165, 1.54) is 0 Å². The Balaban J connectivity index is 1.73. The Bertz CT molecular complexity index is 453. The lowest BCUT2D eigenvalue weighted by molar-refractivity contribution is 0.332. The molecule has 0 radical (unpaired) electrons. The number of para-hydroxylation sites is 1. The average molecular weight is 245 g/mol. The van der Waals surface area contributed by atoms with Crippen molar-refractivity contribution in [3.05, 3.63) is 42.7 Å². The van der Waals surface area contributed by atoms with E-state index in [4.69, 9.17) is 4.74 Å². The van der Waals surface area contributed by atoms with E-state index in [1.54, 1.807) is 0 Å². The van der Waals surface area contributed by atoms with Crippen LogP contribution in [-0.4, -0.2) is 22.7 Å². The van der Waals surface area contributed by atoms with Crippen molar-refractivity contribution < 1.29 is 4.74 Å². The van der Waals surface area contributed by atoms with Crippen LogP contribution in [0, 0.1) is 0 Å². The zero-order chi connectivity index (χ0) is 12.6. The highest BCUT2D eigenvalue weighted by molar-refractivity contribution is 5.26. The van der Waals surface area contributed by atoms with Crippen molar-refractivity contribution in [3.8, 4) is 5.75 Å². The van der Waals surface area contributed by atoms with E-state index >= 15 is 0 Å². The Labute approximate surface area is 108 Å². The second-order valence-electron chi connectivity index (χ2n) is 4.03. The molecule has 0 aliphatic rings. The van der Waals surface area contributed by atoms with E-state index in [1.807, 2.05) is 42.7 Å². The van der Waals surface area contributed by atoms with Gasteiger partial charge in [0.05, 0.1) is 6.54 Å². The lowest BCUT2D eigenvalue weighted by atomic mass is 10.3. The van der Waals surface area contributed by atoms with Crippen molar-refractivity contribution in [1.29, 1.82) is 0 Å². The Morgan fingerprint density at radius 2 is 2.11 bits per heavy atom. The monoisotopic (exact) mass is 245 g/mol. The number of hydrogen-bond donors (Lipinski definition) is 1. The Morgan fingerprint density at radius 3 is 2.89 bits per heavy atom. The van der Waals surface area contributed by atoms with Crippen LogP contribution in [0.4, 0.5) is 5.95 Å². The van der Waals surface area contributed by atoms with Crippen molar-refractivity contribution >= 4 is 5.95 Å². The fourth-order valence-electron chi connectivity index (χ4n) is 1.75. The first-order valence-corrected chi connectivity index (χ1v) is 6.33. The Morgan fingerprint density at radius 1 is 1.28 bits per heavy atom. The molecule has 0 saturated carbocycles. The number of aromatic nitrogens is 2. The van der Waals surface area contributed by atoms with E-state index in [-0.39, 0.29) is 0 Å². The first-order chi connectivity index (χ1) is 8.90. The predicted octanol–water partition coefficient (Wildman–Crippen LogP) is 2.78. The molecule has 0 atom stereocenters. The van der Waals surface area contributed by atoms with Crippen LogP contribution in [0.15, 0.2) is 42.7 Å². The third-order valence-corrected chi connectivity index (χ3v) is 2.58. The van der Waals surface area contributed by atoms with Crippen LogP contribution in [0.25, 0.3) is 0 Å². The summed E-state index contributed by atoms with van der Waals surface area (Å²) in [7, 11) is 0. The molecule has 18 heavy (non-hydrogen) atoms. The Hall–Kier alpha value is -1.97. The van der Waals surface area contributed by atoms with Crippen LogP contribution in [-0.2, 0) is 6.54 Å². The summed E-state index contributed by atoms with van der Waals surface area (Å²) in [6, 6.07) is 9.83. The van der Waals surface area contributed by atoms with Crippen molar-refractivity contribution in [2.45, 2.75) is 19.9 Å². The summed E-state index contributed by atoms with van der Waals surface area (Å²) in [6.45, 7) is 4.52. The molecule has 2 rings (SSSR count). The first kappa shape index (κ1) is 12.5. The number of imidazole rings is 1. The van der Waals surface area contributed by atoms with Gasteiger partial charge in [-0.1, -0.05) is 25.1 Å². The zero-order valence-electron chi connectivity index (χ0n) is 10.7. The van der Waals surface area contributed by atoms with Crippen LogP contribution in [0.3, 0.4) is 0 Å². The summed E-state index contributed by atoms with van der Waals surface area (Å²) in [5.74, 6) is 1.81. The van der Waals surface area contributed by atoms with Gasteiger partial charge in [0.2, 0.25) is 5.95 Å². The minimum Gasteiger partial charge on any atom is -0.492 e. The Kier molecular flexibility index (Phi) is 4.64. The largest absolute Gasteiger partial charge is 0.492 e. The highest BCUT2D eigenvalue weighted by Gasteiger charge is 2.00. The number of aryl methyl sites for hydroxylation is 1. The van der Waals surface area contributed by atoms with Gasteiger partial charge in [0.25, 0.3) is 0 Å². The molecule has 0 saturated heterocycles. The number of rotatable bonds is 7. The number of nitrogens with one attached hydrogen (secondary N) is 1. The number of hydrogen-bond acceptors (Lipinski definition) is 3. The van der Waals surface area contributed by atoms with Gasteiger partial charge in [-0.25, -0.2) is 4.98 Å². The van der Waals surface area contributed by atoms with Crippen molar-refractivity contribution in [2.75, 3.05) is 18.5 Å². The van der Waals surface area contributed by atoms with E-state index in [9.17, 15) is 0 Å². The molecule has 0 aliphatic carbocycles. The van der Waals surface area contributed by atoms with Crippen molar-refractivity contribution in [1.82, 2.24) is 9.55 Å². The standard InChI is InChI=1S/C14H19N3O/c1-2-10-17-11-8-15-14(17)16-9-12-18-13-6-4-3-5-7-13/h3-8,11H,2,9-10,12H2,1H3,(H,15,16). The molecule has 0 fully saturated rings. The molecule has 0 amide bonds. The minimum absolute atomic E-state index is 0.628. The molecule has 2 aromatic rings. The van der Waals surface area contributed by atoms with Gasteiger partial charge >= 0.3 is 0 Å². The van der Waals surface area contributed by atoms with Crippen molar-refractivity contribution in [2.24, 2.45) is 0 Å². The molecule has 4 nitrogen and oxygen atoms in total. The maximum Gasteiger partial charge on any atom is 0.202 e. The number of benzene rings is 1. The summed E-state index contributed by atoms with van der Waals surface area (Å²) in [6.07, 6.45) is 4.91. The van der Waals surface area contributed by atoms with Crippen LogP contribution in [0.5, 0.6) is 5.75 Å². The second-order valence-corrected chi connectivity index (χ2v) is 4.03. The SMILES string of the molecule is CCCn1ccnc1NCCOc1ccccc1. The molecule has 1 N–H and O–H groups in total. The van der Waals surface area contributed by atoms with E-state index in [2.05, 4.69) is 21.8 Å². The molecule has 96 valence electrons. The fraction of sp³-hybridized carbons (Fsp3) is 0.357. The van der Waals surface area contributed by atoms with Crippen LogP contribution < -0.4 is 10.1 Å². The van der Waals surface area contributed by atoms with Crippen LogP contribution in [0.1, 0.15) is 13.3 Å². The molecular formula is C14H19N3O. The maximum absolute atomic E-state index is 5.60. The highest BCUT2D eigenvalue weighted by atomic mass is 16.5. The summed E-state index contributed by atoms with van der Waals surface area (Å²) in [5.41, 5.74) is 0. The zero-order valence-corrected chi connectivity index (χ0v) is 10.7. The quantitative estimate of drug-likeness (QED) is 0.762. The van der Waals surface area contributed by atoms with E-state index in [0.717, 1.165) is 31.2 Å². The van der Waals surface area contributed by atoms with Gasteiger partial charge in [-0.2, -0.15) is 0 Å². The third-order valence-electron chi connectivity index (χ3n) is 2.58. The molecule has 4 heteroatoms. The van der Waals surface area contributed by atoms with E-state index in [0.29, 0.717) is 6.61 Å². The molecule has 0 spiro atoms. The lowest BCUT2D eigenvalue weighted by Crippen LogP contribution is -2.14. The number of nitrogens with zero attached hydrogens (tertiary/aromatic N) is 2. The van der Waals surface area contributed by atoms with Crippen molar-refractivity contribution in [3.63, 3.8) is 0 Å². The molecule has 1 heterocycles. The first-order valence-electron chi connectivity index (χ1n) is 6.33. The molecule has 1 aromatic carbocycles. The number of ether oxygens (including phenoxy) is 1. The molecule has 1 aromatic heterocycles. The summed E-state index contributed by atoms with van der Waals surface area (Å²) >= 11 is 0. The van der Waals surface area contributed by atoms with Gasteiger partial charge in [0.1, 0.15) is 12.4 Å². The molecule has 0 bridgehead atoms. The number of anilines is 1. The maximum atomic E-state index is 5.60. The van der Waals surface area contributed by atoms with Crippen LogP contribution in [0.2, 0.25) is 0 Å². The molecule has 0 aliphatic heterocycles. The smallest absolute Gasteiger partial charge is 0.202 e. The minimum atomic E-state index is 0.628. The molecular weight excluding hydrogens is 226 g/mol. The fourth-order valence-corrected chi connectivity index (χ4v) is 1.75. The summed E-state index contributed by atoms with van der Waals surface area (Å²) in [4.78, 5) is 4.28. The lowest BCUT2D eigenvalue weighted by Gasteiger charge is -2.09. The summed E-state index contributed by atoms with van der Waals surface area (Å²) in [5, 5.41) is 3.28. The van der Waals surface area contributed by atoms with Gasteiger partial charge < -0.3 is 14.6 Å².